The van der Waals surface area contributed by atoms with Crippen molar-refractivity contribution < 1.29 is 37.1 Å². The summed E-state index contributed by atoms with van der Waals surface area (Å²) in [5, 5.41) is 11.2. The summed E-state index contributed by atoms with van der Waals surface area (Å²) in [4.78, 5) is 14.1. The molecule has 0 aromatic carbocycles. The van der Waals surface area contributed by atoms with Gasteiger partial charge in [0.25, 0.3) is 0 Å². The van der Waals surface area contributed by atoms with Crippen molar-refractivity contribution in [3.05, 3.63) is 17.0 Å². The van der Waals surface area contributed by atoms with Crippen LogP contribution in [0.4, 0.5) is 13.2 Å². The van der Waals surface area contributed by atoms with Gasteiger partial charge in [0.2, 0.25) is 0 Å². The highest BCUT2D eigenvalue weighted by Crippen LogP contribution is 2.29. The second-order valence-corrected chi connectivity index (χ2v) is 7.85. The number of aromatic nitrogens is 1. The SMILES string of the molecule is Cc1noc(C)c1CN1CCO[C@H]2CN(C3CCOCC3)C[C@H]21.O=C(O)C(F)(F)F. The topological polar surface area (TPSA) is 88.3 Å². The van der Waals surface area contributed by atoms with Gasteiger partial charge in [-0.15, -0.1) is 0 Å². The van der Waals surface area contributed by atoms with Crippen LogP contribution in [0.25, 0.3) is 0 Å². The highest BCUT2D eigenvalue weighted by Gasteiger charge is 2.42. The number of morpholine rings is 1. The first kappa shape index (κ1) is 23.0. The number of aryl methyl sites for hydroxylation is 2. The number of aliphatic carboxylic acids is 1. The lowest BCUT2D eigenvalue weighted by atomic mass is 10.1. The van der Waals surface area contributed by atoms with Gasteiger partial charge >= 0.3 is 12.1 Å². The van der Waals surface area contributed by atoms with Crippen LogP contribution in [-0.2, 0) is 20.8 Å². The van der Waals surface area contributed by atoms with Gasteiger partial charge in [-0.2, -0.15) is 13.2 Å². The molecule has 8 nitrogen and oxygen atoms in total. The first-order valence-electron chi connectivity index (χ1n) is 10.1. The highest BCUT2D eigenvalue weighted by atomic mass is 19.4. The number of hydrogen-bond acceptors (Lipinski definition) is 7. The third kappa shape index (κ3) is 5.51. The average Bonchev–Trinajstić information content (AvgIpc) is 3.28. The van der Waals surface area contributed by atoms with Gasteiger partial charge in [0.05, 0.1) is 24.4 Å². The Balaban J connectivity index is 0.000000318. The van der Waals surface area contributed by atoms with E-state index in [2.05, 4.69) is 15.0 Å². The molecule has 3 fully saturated rings. The molecule has 3 saturated heterocycles. The van der Waals surface area contributed by atoms with Crippen LogP contribution in [0, 0.1) is 13.8 Å². The Morgan fingerprint density at radius 3 is 2.43 bits per heavy atom. The zero-order chi connectivity index (χ0) is 21.9. The molecule has 3 aliphatic rings. The summed E-state index contributed by atoms with van der Waals surface area (Å²) >= 11 is 0. The first-order chi connectivity index (χ1) is 14.2. The molecule has 0 saturated carbocycles. The van der Waals surface area contributed by atoms with Crippen molar-refractivity contribution in [3.63, 3.8) is 0 Å². The van der Waals surface area contributed by atoms with Gasteiger partial charge < -0.3 is 19.1 Å². The van der Waals surface area contributed by atoms with E-state index in [-0.39, 0.29) is 0 Å². The third-order valence-corrected chi connectivity index (χ3v) is 5.94. The maximum atomic E-state index is 10.6. The Hall–Kier alpha value is -1.69. The van der Waals surface area contributed by atoms with Crippen LogP contribution in [0.5, 0.6) is 0 Å². The molecule has 4 heterocycles. The number of fused-ring (bicyclic) bond motifs is 1. The minimum atomic E-state index is -5.08. The van der Waals surface area contributed by atoms with Crippen LogP contribution in [0.3, 0.4) is 0 Å². The lowest BCUT2D eigenvalue weighted by Crippen LogP contribution is -2.50. The van der Waals surface area contributed by atoms with Gasteiger partial charge in [0.15, 0.2) is 0 Å². The van der Waals surface area contributed by atoms with Crippen molar-refractivity contribution in [2.75, 3.05) is 39.5 Å². The Kier molecular flexibility index (Phi) is 7.38. The van der Waals surface area contributed by atoms with Crippen molar-refractivity contribution in [2.24, 2.45) is 0 Å². The molecular weight excluding hydrogens is 407 g/mol. The Morgan fingerprint density at radius 1 is 1.20 bits per heavy atom. The number of nitrogens with zero attached hydrogens (tertiary/aromatic N) is 3. The van der Waals surface area contributed by atoms with Crippen LogP contribution in [0.1, 0.15) is 29.9 Å². The number of hydrogen-bond donors (Lipinski definition) is 1. The molecule has 1 aromatic rings. The van der Waals surface area contributed by atoms with Crippen molar-refractivity contribution in [1.29, 1.82) is 0 Å². The molecule has 2 atom stereocenters. The van der Waals surface area contributed by atoms with Gasteiger partial charge in [-0.1, -0.05) is 5.16 Å². The van der Waals surface area contributed by atoms with Crippen molar-refractivity contribution in [1.82, 2.24) is 15.0 Å². The summed E-state index contributed by atoms with van der Waals surface area (Å²) < 4.78 is 48.7. The fourth-order valence-electron chi connectivity index (χ4n) is 4.26. The fourth-order valence-corrected chi connectivity index (χ4v) is 4.26. The Labute approximate surface area is 172 Å². The molecule has 11 heteroatoms. The quantitative estimate of drug-likeness (QED) is 0.771. The number of halogens is 3. The normalized spacial score (nSPS) is 26.2. The highest BCUT2D eigenvalue weighted by molar-refractivity contribution is 5.73. The molecule has 1 N–H and O–H groups in total. The molecule has 3 aliphatic heterocycles. The van der Waals surface area contributed by atoms with Crippen molar-refractivity contribution in [3.8, 4) is 0 Å². The van der Waals surface area contributed by atoms with Crippen LogP contribution in [0.15, 0.2) is 4.52 Å². The molecule has 30 heavy (non-hydrogen) atoms. The summed E-state index contributed by atoms with van der Waals surface area (Å²) in [6.07, 6.45) is -2.43. The smallest absolute Gasteiger partial charge is 0.475 e. The summed E-state index contributed by atoms with van der Waals surface area (Å²) in [7, 11) is 0. The number of carboxylic acid groups (broad SMARTS) is 1. The minimum Gasteiger partial charge on any atom is -0.475 e. The number of rotatable bonds is 3. The third-order valence-electron chi connectivity index (χ3n) is 5.94. The van der Waals surface area contributed by atoms with Gasteiger partial charge in [0.1, 0.15) is 5.76 Å². The summed E-state index contributed by atoms with van der Waals surface area (Å²) in [5.41, 5.74) is 2.26. The van der Waals surface area contributed by atoms with Crippen molar-refractivity contribution >= 4 is 5.97 Å². The molecular formula is C19H28F3N3O5. The fraction of sp³-hybridized carbons (Fsp3) is 0.789. The monoisotopic (exact) mass is 435 g/mol. The molecule has 0 bridgehead atoms. The molecule has 1 aromatic heterocycles. The van der Waals surface area contributed by atoms with Gasteiger partial charge in [-0.3, -0.25) is 9.80 Å². The maximum Gasteiger partial charge on any atom is 0.490 e. The van der Waals surface area contributed by atoms with E-state index < -0.39 is 12.1 Å². The number of ether oxygens (including phenoxy) is 2. The van der Waals surface area contributed by atoms with Gasteiger partial charge in [-0.25, -0.2) is 4.79 Å². The number of carbonyl (C=O) groups is 1. The molecule has 170 valence electrons. The number of alkyl halides is 3. The zero-order valence-electron chi connectivity index (χ0n) is 17.2. The second-order valence-electron chi connectivity index (χ2n) is 7.85. The Morgan fingerprint density at radius 2 is 1.87 bits per heavy atom. The van der Waals surface area contributed by atoms with E-state index in [1.807, 2.05) is 13.8 Å². The molecule has 0 spiro atoms. The number of likely N-dealkylation sites (tertiary alicyclic amines) is 1. The van der Waals surface area contributed by atoms with E-state index in [0.717, 1.165) is 70.3 Å². The summed E-state index contributed by atoms with van der Waals surface area (Å²) in [6, 6.07) is 1.15. The van der Waals surface area contributed by atoms with Crippen LogP contribution in [0.2, 0.25) is 0 Å². The van der Waals surface area contributed by atoms with Gasteiger partial charge in [-0.05, 0) is 26.7 Å². The van der Waals surface area contributed by atoms with Crippen LogP contribution < -0.4 is 0 Å². The lowest BCUT2D eigenvalue weighted by Gasteiger charge is -2.37. The van der Waals surface area contributed by atoms with E-state index in [9.17, 15) is 13.2 Å². The largest absolute Gasteiger partial charge is 0.490 e. The molecule has 0 amide bonds. The number of carboxylic acids is 1. The predicted octanol–water partition coefficient (Wildman–Crippen LogP) is 1.99. The van der Waals surface area contributed by atoms with E-state index in [1.54, 1.807) is 0 Å². The predicted molar refractivity (Wildman–Crippen MR) is 99.0 cm³/mol. The molecule has 0 aliphatic carbocycles. The van der Waals surface area contributed by atoms with Gasteiger partial charge in [0, 0.05) is 51.0 Å². The summed E-state index contributed by atoms with van der Waals surface area (Å²) in [5.74, 6) is -1.81. The van der Waals surface area contributed by atoms with E-state index in [4.69, 9.17) is 23.9 Å². The maximum absolute atomic E-state index is 10.6. The van der Waals surface area contributed by atoms with Crippen LogP contribution in [-0.4, -0.2) is 89.9 Å². The van der Waals surface area contributed by atoms with E-state index in [1.165, 1.54) is 5.56 Å². The molecule has 0 unspecified atom stereocenters. The minimum absolute atomic E-state index is 0.340. The summed E-state index contributed by atoms with van der Waals surface area (Å²) in [6.45, 7) is 10.8. The Bertz CT molecular complexity index is 701. The molecule has 4 rings (SSSR count). The van der Waals surface area contributed by atoms with E-state index >= 15 is 0 Å². The average molecular weight is 435 g/mol. The van der Waals surface area contributed by atoms with Crippen molar-refractivity contribution in [2.45, 2.75) is 57.6 Å². The zero-order valence-corrected chi connectivity index (χ0v) is 17.2. The molecule has 0 radical (unpaired) electrons. The first-order valence-corrected chi connectivity index (χ1v) is 10.1. The standard InChI is InChI=1S/C17H27N3O3.C2HF3O2/c1-12-15(13(2)23-18-12)9-19-5-8-22-17-11-20(10-16(17)19)14-3-6-21-7-4-14;3-2(4,5)1(6)7/h14,16-17H,3-11H2,1-2H3;(H,6,7)/t16-,17+;/m1./s1. The van der Waals surface area contributed by atoms with E-state index in [0.29, 0.717) is 18.2 Å². The van der Waals surface area contributed by atoms with Crippen LogP contribution >= 0.6 is 0 Å². The lowest BCUT2D eigenvalue weighted by molar-refractivity contribution is -0.192. The second kappa shape index (κ2) is 9.63.